The second-order valence-electron chi connectivity index (χ2n) is 4.00. The van der Waals surface area contributed by atoms with E-state index >= 15 is 0 Å². The van der Waals surface area contributed by atoms with Crippen molar-refractivity contribution in [3.05, 3.63) is 52.9 Å². The molecule has 2 rings (SSSR count). The number of aromatic nitrogens is 2. The average Bonchev–Trinajstić information content (AvgIpc) is 2.63. The van der Waals surface area contributed by atoms with Gasteiger partial charge in [0.05, 0.1) is 12.3 Å². The van der Waals surface area contributed by atoms with E-state index in [1.807, 2.05) is 13.0 Å². The lowest BCUT2D eigenvalue weighted by molar-refractivity contribution is 0.297. The zero-order chi connectivity index (χ0) is 12.3. The zero-order valence-electron chi connectivity index (χ0n) is 9.70. The Balaban J connectivity index is 2.21. The Morgan fingerprint density at radius 1 is 1.35 bits per heavy atom. The first-order chi connectivity index (χ1) is 8.20. The number of benzene rings is 1. The molecule has 0 atom stereocenters. The molecular formula is C13H15FN2O. The molecule has 1 heterocycles. The van der Waals surface area contributed by atoms with Crippen molar-refractivity contribution in [2.45, 2.75) is 19.8 Å². The van der Waals surface area contributed by atoms with Crippen molar-refractivity contribution < 1.29 is 9.50 Å². The predicted octanol–water partition coefficient (Wildman–Crippen LogP) is 1.98. The lowest BCUT2D eigenvalue weighted by atomic mass is 10.1. The second kappa shape index (κ2) is 5.10. The van der Waals surface area contributed by atoms with E-state index in [4.69, 9.17) is 5.11 Å². The van der Waals surface area contributed by atoms with Crippen LogP contribution in [0.15, 0.2) is 24.3 Å². The van der Waals surface area contributed by atoms with E-state index in [1.54, 1.807) is 12.1 Å². The first-order valence-electron chi connectivity index (χ1n) is 5.59. The molecule has 0 amide bonds. The van der Waals surface area contributed by atoms with Crippen molar-refractivity contribution in [1.82, 2.24) is 9.97 Å². The third-order valence-electron chi connectivity index (χ3n) is 2.70. The van der Waals surface area contributed by atoms with Gasteiger partial charge in [0.2, 0.25) is 0 Å². The molecule has 3 nitrogen and oxygen atoms in total. The van der Waals surface area contributed by atoms with E-state index in [-0.39, 0.29) is 12.4 Å². The van der Waals surface area contributed by atoms with Gasteiger partial charge in [0.1, 0.15) is 11.6 Å². The number of aliphatic hydroxyl groups is 1. The van der Waals surface area contributed by atoms with E-state index in [9.17, 15) is 4.39 Å². The van der Waals surface area contributed by atoms with Gasteiger partial charge in [0, 0.05) is 18.5 Å². The quantitative estimate of drug-likeness (QED) is 0.849. The maximum Gasteiger partial charge on any atom is 0.126 e. The molecule has 0 spiro atoms. The third kappa shape index (κ3) is 2.71. The largest absolute Gasteiger partial charge is 0.396 e. The highest BCUT2D eigenvalue weighted by Gasteiger charge is 2.09. The lowest BCUT2D eigenvalue weighted by Crippen LogP contribution is -1.95. The van der Waals surface area contributed by atoms with E-state index in [0.29, 0.717) is 18.4 Å². The van der Waals surface area contributed by atoms with Gasteiger partial charge in [0.15, 0.2) is 0 Å². The Kier molecular flexibility index (Phi) is 3.54. The summed E-state index contributed by atoms with van der Waals surface area (Å²) < 4.78 is 13.5. The molecule has 0 saturated carbocycles. The highest BCUT2D eigenvalue weighted by molar-refractivity contribution is 5.26. The van der Waals surface area contributed by atoms with E-state index in [1.165, 1.54) is 6.07 Å². The van der Waals surface area contributed by atoms with Crippen molar-refractivity contribution in [2.75, 3.05) is 6.61 Å². The van der Waals surface area contributed by atoms with Gasteiger partial charge in [-0.05, 0) is 18.6 Å². The first-order valence-corrected chi connectivity index (χ1v) is 5.59. The van der Waals surface area contributed by atoms with Crippen molar-refractivity contribution >= 4 is 0 Å². The molecule has 0 saturated heterocycles. The molecule has 0 bridgehead atoms. The fraction of sp³-hybridized carbons (Fsp3) is 0.308. The fourth-order valence-electron chi connectivity index (χ4n) is 1.78. The minimum absolute atomic E-state index is 0.0616. The van der Waals surface area contributed by atoms with Crippen LogP contribution in [0.2, 0.25) is 0 Å². The van der Waals surface area contributed by atoms with Gasteiger partial charge >= 0.3 is 0 Å². The number of aliphatic hydroxyl groups excluding tert-OH is 1. The number of hydrogen-bond donors (Lipinski definition) is 2. The Morgan fingerprint density at radius 2 is 2.12 bits per heavy atom. The molecular weight excluding hydrogens is 219 g/mol. The number of H-pyrrole nitrogens is 1. The molecule has 1 aromatic heterocycles. The summed E-state index contributed by atoms with van der Waals surface area (Å²) in [6.45, 7) is 1.97. The molecule has 0 aliphatic carbocycles. The van der Waals surface area contributed by atoms with Gasteiger partial charge in [-0.15, -0.1) is 0 Å². The molecule has 1 aromatic carbocycles. The Labute approximate surface area is 99.3 Å². The standard InChI is InChI=1S/C13H15FN2O/c1-9-12(16-13(15-9)6-7-17)8-10-4-2-3-5-11(10)14/h2-5,17H,6-8H2,1H3,(H,15,16). The lowest BCUT2D eigenvalue weighted by Gasteiger charge is -2.00. The van der Waals surface area contributed by atoms with Gasteiger partial charge in [0.25, 0.3) is 0 Å². The van der Waals surface area contributed by atoms with Crippen molar-refractivity contribution in [1.29, 1.82) is 0 Å². The summed E-state index contributed by atoms with van der Waals surface area (Å²) in [5.74, 6) is 0.537. The molecule has 0 aliphatic rings. The predicted molar refractivity (Wildman–Crippen MR) is 63.3 cm³/mol. The normalized spacial score (nSPS) is 10.8. The molecule has 4 heteroatoms. The van der Waals surface area contributed by atoms with Crippen molar-refractivity contribution in [3.63, 3.8) is 0 Å². The van der Waals surface area contributed by atoms with Gasteiger partial charge in [-0.25, -0.2) is 9.37 Å². The molecule has 0 unspecified atom stereocenters. The molecule has 2 N–H and O–H groups in total. The van der Waals surface area contributed by atoms with Gasteiger partial charge < -0.3 is 10.1 Å². The number of nitrogens with one attached hydrogen (secondary N) is 1. The summed E-state index contributed by atoms with van der Waals surface area (Å²) in [5.41, 5.74) is 2.40. The zero-order valence-corrected chi connectivity index (χ0v) is 9.70. The number of rotatable bonds is 4. The topological polar surface area (TPSA) is 48.9 Å². The Bertz CT molecular complexity index is 508. The van der Waals surface area contributed by atoms with Crippen LogP contribution in [0.1, 0.15) is 22.8 Å². The van der Waals surface area contributed by atoms with Crippen LogP contribution in [0.3, 0.4) is 0 Å². The monoisotopic (exact) mass is 234 g/mol. The van der Waals surface area contributed by atoms with Gasteiger partial charge in [-0.1, -0.05) is 18.2 Å². The summed E-state index contributed by atoms with van der Waals surface area (Å²) in [6.07, 6.45) is 0.971. The minimum atomic E-state index is -0.210. The molecule has 17 heavy (non-hydrogen) atoms. The number of nitrogens with zero attached hydrogens (tertiary/aromatic N) is 1. The summed E-state index contributed by atoms with van der Waals surface area (Å²) >= 11 is 0. The number of hydrogen-bond acceptors (Lipinski definition) is 2. The van der Waals surface area contributed by atoms with Crippen molar-refractivity contribution in [3.8, 4) is 0 Å². The highest BCUT2D eigenvalue weighted by atomic mass is 19.1. The molecule has 0 radical (unpaired) electrons. The number of aryl methyl sites for hydroxylation is 1. The molecule has 0 aliphatic heterocycles. The Hall–Kier alpha value is -1.68. The number of imidazole rings is 1. The first kappa shape index (κ1) is 11.8. The van der Waals surface area contributed by atoms with Crippen LogP contribution >= 0.6 is 0 Å². The van der Waals surface area contributed by atoms with Crippen LogP contribution in [0.5, 0.6) is 0 Å². The maximum atomic E-state index is 13.5. The smallest absolute Gasteiger partial charge is 0.126 e. The van der Waals surface area contributed by atoms with Crippen LogP contribution in [-0.2, 0) is 12.8 Å². The summed E-state index contributed by atoms with van der Waals surface area (Å²) in [7, 11) is 0. The molecule has 90 valence electrons. The van der Waals surface area contributed by atoms with Gasteiger partial charge in [-0.2, -0.15) is 0 Å². The van der Waals surface area contributed by atoms with Crippen LogP contribution in [0.4, 0.5) is 4.39 Å². The summed E-state index contributed by atoms with van der Waals surface area (Å²) in [5, 5.41) is 8.83. The Morgan fingerprint density at radius 3 is 2.82 bits per heavy atom. The van der Waals surface area contributed by atoms with Gasteiger partial charge in [-0.3, -0.25) is 0 Å². The van der Waals surface area contributed by atoms with E-state index < -0.39 is 0 Å². The third-order valence-corrected chi connectivity index (χ3v) is 2.70. The average molecular weight is 234 g/mol. The SMILES string of the molecule is Cc1[nH]c(CCO)nc1Cc1ccccc1F. The minimum Gasteiger partial charge on any atom is -0.396 e. The molecule has 0 fully saturated rings. The van der Waals surface area contributed by atoms with E-state index in [0.717, 1.165) is 17.2 Å². The molecule has 2 aromatic rings. The summed E-state index contributed by atoms with van der Waals surface area (Å²) in [4.78, 5) is 7.45. The fourth-order valence-corrected chi connectivity index (χ4v) is 1.78. The number of halogens is 1. The van der Waals surface area contributed by atoms with Crippen LogP contribution in [0, 0.1) is 12.7 Å². The maximum absolute atomic E-state index is 13.5. The summed E-state index contributed by atoms with van der Waals surface area (Å²) in [6, 6.07) is 6.70. The number of aromatic amines is 1. The highest BCUT2D eigenvalue weighted by Crippen LogP contribution is 2.14. The van der Waals surface area contributed by atoms with Crippen LogP contribution in [0.25, 0.3) is 0 Å². The second-order valence-corrected chi connectivity index (χ2v) is 4.00. The van der Waals surface area contributed by atoms with Crippen LogP contribution < -0.4 is 0 Å². The van der Waals surface area contributed by atoms with E-state index in [2.05, 4.69) is 9.97 Å². The van der Waals surface area contributed by atoms with Crippen LogP contribution in [-0.4, -0.2) is 21.7 Å². The van der Waals surface area contributed by atoms with Crippen molar-refractivity contribution in [2.24, 2.45) is 0 Å².